The lowest BCUT2D eigenvalue weighted by molar-refractivity contribution is -0.137. The maximum absolute atomic E-state index is 12.7. The molecule has 0 saturated carbocycles. The van der Waals surface area contributed by atoms with E-state index in [4.69, 9.17) is 0 Å². The van der Waals surface area contributed by atoms with Gasteiger partial charge in [0.25, 0.3) is 0 Å². The van der Waals surface area contributed by atoms with E-state index in [9.17, 15) is 22.8 Å². The average molecular weight is 469 g/mol. The van der Waals surface area contributed by atoms with E-state index < -0.39 is 17.3 Å². The number of alkyl halides is 3. The Morgan fingerprint density at radius 1 is 0.971 bits per heavy atom. The molecule has 0 aromatic heterocycles. The number of amides is 2. The minimum absolute atomic E-state index is 0.00324. The quantitative estimate of drug-likeness (QED) is 0.478. The topological polar surface area (TPSA) is 58.2 Å². The van der Waals surface area contributed by atoms with E-state index in [-0.39, 0.29) is 18.2 Å². The molecule has 4 rings (SSSR count). The molecule has 34 heavy (non-hydrogen) atoms. The summed E-state index contributed by atoms with van der Waals surface area (Å²) >= 11 is 0. The fourth-order valence-electron chi connectivity index (χ4n) is 4.57. The molecule has 0 bridgehead atoms. The van der Waals surface area contributed by atoms with Gasteiger partial charge in [-0.15, -0.1) is 0 Å². The second-order valence-electron chi connectivity index (χ2n) is 8.98. The number of hydrogen-bond acceptors (Lipinski definition) is 2. The van der Waals surface area contributed by atoms with Gasteiger partial charge in [0.15, 0.2) is 0 Å². The SMILES string of the molecule is O=C(CCC1(Cc2ccc3ccccc3c2)CCC(=O)N1)NCCc1ccc(C(F)(F)F)cc1. The van der Waals surface area contributed by atoms with Crippen molar-refractivity contribution in [2.75, 3.05) is 6.54 Å². The molecule has 0 spiro atoms. The van der Waals surface area contributed by atoms with Crippen LogP contribution in [0.2, 0.25) is 0 Å². The fourth-order valence-corrected chi connectivity index (χ4v) is 4.57. The van der Waals surface area contributed by atoms with Crippen molar-refractivity contribution in [3.63, 3.8) is 0 Å². The fraction of sp³-hybridized carbons (Fsp3) is 0.333. The van der Waals surface area contributed by atoms with Crippen LogP contribution >= 0.6 is 0 Å². The van der Waals surface area contributed by atoms with Gasteiger partial charge in [0.05, 0.1) is 5.56 Å². The first-order valence-electron chi connectivity index (χ1n) is 11.4. The van der Waals surface area contributed by atoms with Crippen LogP contribution in [0.1, 0.15) is 42.4 Å². The lowest BCUT2D eigenvalue weighted by Crippen LogP contribution is -2.44. The predicted octanol–water partition coefficient (Wildman–Crippen LogP) is 5.19. The molecule has 7 heteroatoms. The predicted molar refractivity (Wildman–Crippen MR) is 125 cm³/mol. The van der Waals surface area contributed by atoms with Crippen LogP contribution in [-0.4, -0.2) is 23.9 Å². The van der Waals surface area contributed by atoms with Crippen molar-refractivity contribution in [2.45, 2.75) is 50.2 Å². The third kappa shape index (κ3) is 5.95. The molecule has 0 radical (unpaired) electrons. The zero-order chi connectivity index (χ0) is 24.2. The summed E-state index contributed by atoms with van der Waals surface area (Å²) in [5.74, 6) is -0.130. The molecule has 1 fully saturated rings. The van der Waals surface area contributed by atoms with Crippen molar-refractivity contribution in [3.8, 4) is 0 Å². The van der Waals surface area contributed by atoms with E-state index >= 15 is 0 Å². The number of fused-ring (bicyclic) bond motifs is 1. The molecule has 2 amide bonds. The number of hydrogen-bond donors (Lipinski definition) is 2. The van der Waals surface area contributed by atoms with E-state index in [2.05, 4.69) is 41.0 Å². The van der Waals surface area contributed by atoms with E-state index in [0.29, 0.717) is 38.6 Å². The van der Waals surface area contributed by atoms with Crippen LogP contribution in [0, 0.1) is 0 Å². The summed E-state index contributed by atoms with van der Waals surface area (Å²) in [7, 11) is 0. The minimum Gasteiger partial charge on any atom is -0.356 e. The van der Waals surface area contributed by atoms with Gasteiger partial charge in [-0.2, -0.15) is 13.2 Å². The van der Waals surface area contributed by atoms with Gasteiger partial charge in [-0.05, 0) is 59.7 Å². The Morgan fingerprint density at radius 3 is 2.35 bits per heavy atom. The summed E-state index contributed by atoms with van der Waals surface area (Å²) < 4.78 is 38.0. The highest BCUT2D eigenvalue weighted by Crippen LogP contribution is 2.31. The van der Waals surface area contributed by atoms with E-state index in [0.717, 1.165) is 34.0 Å². The molecular weight excluding hydrogens is 441 g/mol. The van der Waals surface area contributed by atoms with Crippen molar-refractivity contribution in [2.24, 2.45) is 0 Å². The molecule has 1 aliphatic heterocycles. The summed E-state index contributed by atoms with van der Waals surface area (Å²) in [4.78, 5) is 24.5. The van der Waals surface area contributed by atoms with Crippen molar-refractivity contribution in [1.82, 2.24) is 10.6 Å². The first-order chi connectivity index (χ1) is 16.2. The first kappa shape index (κ1) is 23.8. The Hall–Kier alpha value is -3.35. The monoisotopic (exact) mass is 468 g/mol. The standard InChI is InChI=1S/C27H27F3N2O2/c28-27(29,30)23-9-6-19(7-10-23)13-16-31-24(33)11-14-26(15-12-25(34)32-26)18-20-5-8-21-3-1-2-4-22(21)17-20/h1-10,17H,11-16,18H2,(H,31,33)(H,32,34). The second-order valence-corrected chi connectivity index (χ2v) is 8.98. The van der Waals surface area contributed by atoms with Crippen molar-refractivity contribution in [1.29, 1.82) is 0 Å². The smallest absolute Gasteiger partial charge is 0.356 e. The van der Waals surface area contributed by atoms with Crippen LogP contribution in [0.15, 0.2) is 66.7 Å². The lowest BCUT2D eigenvalue weighted by atomic mass is 9.84. The Morgan fingerprint density at radius 2 is 1.68 bits per heavy atom. The molecule has 1 saturated heterocycles. The Balaban J connectivity index is 1.31. The van der Waals surface area contributed by atoms with Crippen LogP contribution in [0.25, 0.3) is 10.8 Å². The Bertz CT molecular complexity index is 1170. The molecule has 3 aromatic carbocycles. The second kappa shape index (κ2) is 9.87. The normalized spacial score (nSPS) is 18.1. The largest absolute Gasteiger partial charge is 0.416 e. The first-order valence-corrected chi connectivity index (χ1v) is 11.4. The maximum Gasteiger partial charge on any atom is 0.416 e. The summed E-state index contributed by atoms with van der Waals surface area (Å²) in [6.45, 7) is 0.341. The highest BCUT2D eigenvalue weighted by Gasteiger charge is 2.37. The van der Waals surface area contributed by atoms with Gasteiger partial charge >= 0.3 is 6.18 Å². The lowest BCUT2D eigenvalue weighted by Gasteiger charge is -2.29. The minimum atomic E-state index is -4.36. The summed E-state index contributed by atoms with van der Waals surface area (Å²) in [5, 5.41) is 8.25. The summed E-state index contributed by atoms with van der Waals surface area (Å²) in [6.07, 6.45) is -1.34. The number of benzene rings is 3. The van der Waals surface area contributed by atoms with Crippen LogP contribution in [0.3, 0.4) is 0 Å². The third-order valence-electron chi connectivity index (χ3n) is 6.44. The van der Waals surface area contributed by atoms with Gasteiger partial charge in [0.1, 0.15) is 0 Å². The van der Waals surface area contributed by atoms with E-state index in [1.54, 1.807) is 0 Å². The van der Waals surface area contributed by atoms with Gasteiger partial charge in [0, 0.05) is 24.9 Å². The van der Waals surface area contributed by atoms with Gasteiger partial charge in [-0.25, -0.2) is 0 Å². The van der Waals surface area contributed by atoms with Gasteiger partial charge in [-0.3, -0.25) is 9.59 Å². The summed E-state index contributed by atoms with van der Waals surface area (Å²) in [5.41, 5.74) is 0.702. The third-order valence-corrected chi connectivity index (χ3v) is 6.44. The molecule has 2 N–H and O–H groups in total. The molecule has 0 aliphatic carbocycles. The van der Waals surface area contributed by atoms with Gasteiger partial charge in [-0.1, -0.05) is 54.6 Å². The zero-order valence-electron chi connectivity index (χ0n) is 18.8. The molecule has 1 atom stereocenters. The van der Waals surface area contributed by atoms with Crippen LogP contribution in [0.5, 0.6) is 0 Å². The van der Waals surface area contributed by atoms with E-state index in [1.807, 2.05) is 12.1 Å². The molecular formula is C27H27F3N2O2. The van der Waals surface area contributed by atoms with Crippen LogP contribution < -0.4 is 10.6 Å². The van der Waals surface area contributed by atoms with Crippen LogP contribution in [0.4, 0.5) is 13.2 Å². The maximum atomic E-state index is 12.7. The molecule has 178 valence electrons. The highest BCUT2D eigenvalue weighted by atomic mass is 19.4. The van der Waals surface area contributed by atoms with Gasteiger partial charge < -0.3 is 10.6 Å². The molecule has 1 heterocycles. The number of carbonyl (C=O) groups excluding carboxylic acids is 2. The highest BCUT2D eigenvalue weighted by molar-refractivity contribution is 5.83. The molecule has 4 nitrogen and oxygen atoms in total. The molecule has 1 unspecified atom stereocenters. The van der Waals surface area contributed by atoms with E-state index in [1.165, 1.54) is 12.1 Å². The average Bonchev–Trinajstić information content (AvgIpc) is 3.18. The Labute approximate surface area is 196 Å². The zero-order valence-corrected chi connectivity index (χ0v) is 18.8. The van der Waals surface area contributed by atoms with Crippen molar-refractivity contribution < 1.29 is 22.8 Å². The van der Waals surface area contributed by atoms with Gasteiger partial charge in [0.2, 0.25) is 11.8 Å². The number of rotatable bonds is 8. The Kier molecular flexibility index (Phi) is 6.91. The molecule has 1 aliphatic rings. The summed E-state index contributed by atoms with van der Waals surface area (Å²) in [6, 6.07) is 19.3. The van der Waals surface area contributed by atoms with Crippen molar-refractivity contribution >= 4 is 22.6 Å². The number of carbonyl (C=O) groups is 2. The number of halogens is 3. The number of nitrogens with one attached hydrogen (secondary N) is 2. The van der Waals surface area contributed by atoms with Crippen molar-refractivity contribution in [3.05, 3.63) is 83.4 Å². The molecule has 3 aromatic rings. The van der Waals surface area contributed by atoms with Crippen LogP contribution in [-0.2, 0) is 28.6 Å².